The summed E-state index contributed by atoms with van der Waals surface area (Å²) in [7, 11) is 0. The zero-order valence-corrected chi connectivity index (χ0v) is 12.5. The van der Waals surface area contributed by atoms with Gasteiger partial charge in [-0.15, -0.1) is 0 Å². The number of carbonyl (C=O) groups excluding carboxylic acids is 1. The summed E-state index contributed by atoms with van der Waals surface area (Å²) in [4.78, 5) is 14.8. The lowest BCUT2D eigenvalue weighted by atomic mass is 9.76. The van der Waals surface area contributed by atoms with Gasteiger partial charge in [-0.3, -0.25) is 4.79 Å². The van der Waals surface area contributed by atoms with E-state index in [1.54, 1.807) is 6.92 Å². The Kier molecular flexibility index (Phi) is 7.16. The quantitative estimate of drug-likeness (QED) is 0.228. The van der Waals surface area contributed by atoms with Crippen molar-refractivity contribution < 1.29 is 9.53 Å². The largest absolute Gasteiger partial charge is 0.466 e. The van der Waals surface area contributed by atoms with Crippen LogP contribution in [0.1, 0.15) is 52.4 Å². The number of nitrogens with zero attached hydrogens (tertiary/aromatic N) is 3. The van der Waals surface area contributed by atoms with Crippen LogP contribution in [0.4, 0.5) is 0 Å². The van der Waals surface area contributed by atoms with E-state index in [1.165, 1.54) is 19.3 Å². The molecule has 0 amide bonds. The molecule has 0 radical (unpaired) electrons. The van der Waals surface area contributed by atoms with E-state index in [-0.39, 0.29) is 24.3 Å². The first-order valence-electron chi connectivity index (χ1n) is 7.45. The number of hydrogen-bond donors (Lipinski definition) is 0. The van der Waals surface area contributed by atoms with Crippen LogP contribution < -0.4 is 0 Å². The summed E-state index contributed by atoms with van der Waals surface area (Å²) in [6.45, 7) is 8.03. The molecule has 0 bridgehead atoms. The molecule has 0 aliphatic heterocycles. The van der Waals surface area contributed by atoms with Gasteiger partial charge in [-0.05, 0) is 31.2 Å². The Hall–Kier alpha value is -1.48. The Morgan fingerprint density at radius 2 is 2.10 bits per heavy atom. The molecule has 20 heavy (non-hydrogen) atoms. The molecule has 0 spiro atoms. The van der Waals surface area contributed by atoms with Crippen molar-refractivity contribution in [3.63, 3.8) is 0 Å². The maximum absolute atomic E-state index is 11.8. The summed E-state index contributed by atoms with van der Waals surface area (Å²) in [6.07, 6.45) is 5.97. The van der Waals surface area contributed by atoms with Gasteiger partial charge in [0.25, 0.3) is 0 Å². The van der Waals surface area contributed by atoms with Gasteiger partial charge < -0.3 is 4.74 Å². The van der Waals surface area contributed by atoms with Crippen LogP contribution in [0.5, 0.6) is 0 Å². The van der Waals surface area contributed by atoms with Gasteiger partial charge in [-0.25, -0.2) is 0 Å². The molecule has 0 aromatic rings. The molecule has 1 rings (SSSR count). The Bertz CT molecular complexity index is 383. The fourth-order valence-electron chi connectivity index (χ4n) is 3.02. The standard InChI is InChI=1S/C15H25N3O2/c1-4-20-14(19)10-13(11(2)3)15(17-18-16)12-8-6-5-7-9-12/h12-13,15H,2,4-10H2,1,3H3/t13-,15+/m1/s1. The van der Waals surface area contributed by atoms with E-state index in [9.17, 15) is 4.79 Å². The molecule has 1 fully saturated rings. The topological polar surface area (TPSA) is 75.1 Å². The van der Waals surface area contributed by atoms with Crippen molar-refractivity contribution in [1.29, 1.82) is 0 Å². The van der Waals surface area contributed by atoms with Gasteiger partial charge in [0.05, 0.1) is 13.0 Å². The van der Waals surface area contributed by atoms with Crippen LogP contribution >= 0.6 is 0 Å². The molecule has 1 aliphatic carbocycles. The van der Waals surface area contributed by atoms with Crippen molar-refractivity contribution in [2.24, 2.45) is 17.0 Å². The van der Waals surface area contributed by atoms with Crippen molar-refractivity contribution in [3.05, 3.63) is 22.6 Å². The van der Waals surface area contributed by atoms with E-state index in [1.807, 2.05) is 6.92 Å². The minimum atomic E-state index is -0.241. The van der Waals surface area contributed by atoms with E-state index in [4.69, 9.17) is 10.3 Å². The smallest absolute Gasteiger partial charge is 0.306 e. The fraction of sp³-hybridized carbons (Fsp3) is 0.800. The van der Waals surface area contributed by atoms with E-state index in [0.29, 0.717) is 12.5 Å². The molecule has 0 unspecified atom stereocenters. The number of azide groups is 1. The van der Waals surface area contributed by atoms with Crippen LogP contribution in [0.3, 0.4) is 0 Å². The molecular weight excluding hydrogens is 254 g/mol. The summed E-state index contributed by atoms with van der Waals surface area (Å²) in [5.74, 6) is -0.00160. The fourth-order valence-corrected chi connectivity index (χ4v) is 3.02. The Labute approximate surface area is 121 Å². The third-order valence-electron chi connectivity index (χ3n) is 4.05. The number of esters is 1. The number of ether oxygens (including phenoxy) is 1. The van der Waals surface area contributed by atoms with Crippen LogP contribution in [-0.2, 0) is 9.53 Å². The first-order valence-corrected chi connectivity index (χ1v) is 7.45. The lowest BCUT2D eigenvalue weighted by molar-refractivity contribution is -0.144. The van der Waals surface area contributed by atoms with Crippen LogP contribution in [-0.4, -0.2) is 18.6 Å². The van der Waals surface area contributed by atoms with Crippen molar-refractivity contribution >= 4 is 5.97 Å². The van der Waals surface area contributed by atoms with Gasteiger partial charge in [-0.2, -0.15) is 0 Å². The van der Waals surface area contributed by atoms with Crippen LogP contribution in [0.2, 0.25) is 0 Å². The summed E-state index contributed by atoms with van der Waals surface area (Å²) < 4.78 is 5.02. The second-order valence-corrected chi connectivity index (χ2v) is 5.56. The summed E-state index contributed by atoms with van der Waals surface area (Å²) in [5, 5.41) is 3.99. The lowest BCUT2D eigenvalue weighted by Gasteiger charge is -2.32. The molecule has 1 aliphatic rings. The number of hydrogen-bond acceptors (Lipinski definition) is 3. The number of carbonyl (C=O) groups is 1. The second-order valence-electron chi connectivity index (χ2n) is 5.56. The van der Waals surface area contributed by atoms with Crippen LogP contribution in [0.25, 0.3) is 10.4 Å². The molecule has 2 atom stereocenters. The first-order chi connectivity index (χ1) is 9.60. The molecule has 0 aromatic carbocycles. The van der Waals surface area contributed by atoms with Gasteiger partial charge >= 0.3 is 5.97 Å². The summed E-state index contributed by atoms with van der Waals surface area (Å²) in [6, 6.07) is -0.179. The highest BCUT2D eigenvalue weighted by Gasteiger charge is 2.32. The van der Waals surface area contributed by atoms with E-state index in [2.05, 4.69) is 16.6 Å². The molecule has 0 aromatic heterocycles. The molecule has 0 N–H and O–H groups in total. The maximum atomic E-state index is 11.8. The number of rotatable bonds is 7. The maximum Gasteiger partial charge on any atom is 0.306 e. The van der Waals surface area contributed by atoms with Crippen molar-refractivity contribution in [3.8, 4) is 0 Å². The highest BCUT2D eigenvalue weighted by Crippen LogP contribution is 2.35. The van der Waals surface area contributed by atoms with E-state index < -0.39 is 0 Å². The van der Waals surface area contributed by atoms with Gasteiger partial charge in [0, 0.05) is 11.0 Å². The zero-order valence-electron chi connectivity index (χ0n) is 12.5. The zero-order chi connectivity index (χ0) is 15.0. The average molecular weight is 279 g/mol. The summed E-state index contributed by atoms with van der Waals surface area (Å²) >= 11 is 0. The SMILES string of the molecule is C=C(C)[C@@H](CC(=O)OCC)[C@@H](N=[N+]=[N-])C1CCCCC1. The highest BCUT2D eigenvalue weighted by molar-refractivity contribution is 5.70. The third kappa shape index (κ3) is 4.89. The van der Waals surface area contributed by atoms with Crippen molar-refractivity contribution in [2.75, 3.05) is 6.61 Å². The Balaban J connectivity index is 2.84. The molecule has 0 saturated heterocycles. The normalized spacial score (nSPS) is 18.7. The van der Waals surface area contributed by atoms with E-state index >= 15 is 0 Å². The van der Waals surface area contributed by atoms with E-state index in [0.717, 1.165) is 18.4 Å². The Morgan fingerprint density at radius 3 is 2.60 bits per heavy atom. The predicted octanol–water partition coefficient (Wildman–Crippen LogP) is 4.39. The molecule has 0 heterocycles. The van der Waals surface area contributed by atoms with Gasteiger partial charge in [-0.1, -0.05) is 49.4 Å². The van der Waals surface area contributed by atoms with Gasteiger partial charge in [0.15, 0.2) is 0 Å². The van der Waals surface area contributed by atoms with Gasteiger partial charge in [0.2, 0.25) is 0 Å². The minimum absolute atomic E-state index is 0.118. The second kappa shape index (κ2) is 8.64. The predicted molar refractivity (Wildman–Crippen MR) is 79.1 cm³/mol. The third-order valence-corrected chi connectivity index (χ3v) is 4.05. The molecule has 112 valence electrons. The average Bonchev–Trinajstić information content (AvgIpc) is 2.43. The molecule has 1 saturated carbocycles. The van der Waals surface area contributed by atoms with Crippen LogP contribution in [0.15, 0.2) is 17.3 Å². The van der Waals surface area contributed by atoms with Crippen LogP contribution in [0, 0.1) is 11.8 Å². The van der Waals surface area contributed by atoms with Crippen molar-refractivity contribution in [2.45, 2.75) is 58.4 Å². The monoisotopic (exact) mass is 279 g/mol. The van der Waals surface area contributed by atoms with Gasteiger partial charge in [0.1, 0.15) is 0 Å². The minimum Gasteiger partial charge on any atom is -0.466 e. The molecule has 5 nitrogen and oxygen atoms in total. The lowest BCUT2D eigenvalue weighted by Crippen LogP contribution is -2.31. The molecule has 5 heteroatoms. The highest BCUT2D eigenvalue weighted by atomic mass is 16.5. The van der Waals surface area contributed by atoms with Crippen molar-refractivity contribution in [1.82, 2.24) is 0 Å². The molecular formula is C15H25N3O2. The first kappa shape index (κ1) is 16.6. The Morgan fingerprint density at radius 1 is 1.45 bits per heavy atom. The summed E-state index contributed by atoms with van der Waals surface area (Å²) in [5.41, 5.74) is 9.74.